The fraction of sp³-hybridized carbons (Fsp3) is 0.185. The van der Waals surface area contributed by atoms with Crippen LogP contribution in [0.2, 0.25) is 5.02 Å². The standard InChI is InChI=1S/C27H27Cl2N7O3/c1-4-22(27(38)34-17-6-7-20-21(10-17)32-12-15(2)33-20)35-13-24(39-3)19(11-26(35)37)18-9-16(28)5-8-23(18)36(31)14-25(29)30/h5-14,22H,4,30-31H2,1-3H3,(H,34,38)/b25-14-. The molecule has 0 fully saturated rings. The first-order valence-corrected chi connectivity index (χ1v) is 12.7. The van der Waals surface area contributed by atoms with Crippen molar-refractivity contribution in [3.63, 3.8) is 0 Å². The normalized spacial score (nSPS) is 12.3. The number of nitrogens with two attached hydrogens (primary N) is 2. The number of aromatic nitrogens is 3. The molecule has 0 aliphatic heterocycles. The third kappa shape index (κ3) is 6.14. The number of nitrogens with zero attached hydrogens (tertiary/aromatic N) is 4. The van der Waals surface area contributed by atoms with Crippen molar-refractivity contribution >= 4 is 51.5 Å². The molecule has 0 spiro atoms. The minimum absolute atomic E-state index is 0.0360. The average molecular weight is 568 g/mol. The monoisotopic (exact) mass is 567 g/mol. The van der Waals surface area contributed by atoms with Crippen molar-refractivity contribution in [3.05, 3.63) is 87.3 Å². The van der Waals surface area contributed by atoms with Gasteiger partial charge in [-0.25, -0.2) is 10.8 Å². The zero-order chi connectivity index (χ0) is 28.3. The predicted molar refractivity (Wildman–Crippen MR) is 155 cm³/mol. The van der Waals surface area contributed by atoms with E-state index in [-0.39, 0.29) is 11.1 Å². The highest BCUT2D eigenvalue weighted by molar-refractivity contribution is 6.31. The molecule has 0 bridgehead atoms. The summed E-state index contributed by atoms with van der Waals surface area (Å²) in [6, 6.07) is 10.8. The van der Waals surface area contributed by atoms with E-state index in [0.29, 0.717) is 45.2 Å². The van der Waals surface area contributed by atoms with E-state index < -0.39 is 11.6 Å². The number of anilines is 2. The molecule has 0 saturated carbocycles. The molecule has 4 aromatic rings. The van der Waals surface area contributed by atoms with E-state index in [4.69, 9.17) is 39.5 Å². The van der Waals surface area contributed by atoms with Gasteiger partial charge in [-0.1, -0.05) is 30.1 Å². The highest BCUT2D eigenvalue weighted by atomic mass is 35.5. The SMILES string of the molecule is CCC(C(=O)Nc1ccc2nc(C)cnc2c1)n1cc(OC)c(-c2cc(Cl)ccc2N(N)/C=C(\N)Cl)cc1=O. The Morgan fingerprint density at radius 2 is 1.97 bits per heavy atom. The van der Waals surface area contributed by atoms with Crippen LogP contribution in [0.4, 0.5) is 11.4 Å². The first kappa shape index (κ1) is 27.9. The highest BCUT2D eigenvalue weighted by Crippen LogP contribution is 2.37. The van der Waals surface area contributed by atoms with Crippen LogP contribution in [0.3, 0.4) is 0 Å². The lowest BCUT2D eigenvalue weighted by Crippen LogP contribution is -2.32. The molecule has 2 aromatic carbocycles. The number of halogens is 2. The van der Waals surface area contributed by atoms with E-state index >= 15 is 0 Å². The fourth-order valence-corrected chi connectivity index (χ4v) is 4.49. The highest BCUT2D eigenvalue weighted by Gasteiger charge is 2.23. The lowest BCUT2D eigenvalue weighted by atomic mass is 10.0. The number of hydrogen-bond acceptors (Lipinski definition) is 8. The van der Waals surface area contributed by atoms with Crippen LogP contribution in [0.5, 0.6) is 5.75 Å². The summed E-state index contributed by atoms with van der Waals surface area (Å²) in [7, 11) is 1.47. The van der Waals surface area contributed by atoms with Crippen molar-refractivity contribution < 1.29 is 9.53 Å². The van der Waals surface area contributed by atoms with Gasteiger partial charge in [0.05, 0.1) is 41.9 Å². The van der Waals surface area contributed by atoms with Crippen LogP contribution >= 0.6 is 23.2 Å². The van der Waals surface area contributed by atoms with Gasteiger partial charge >= 0.3 is 0 Å². The maximum Gasteiger partial charge on any atom is 0.252 e. The van der Waals surface area contributed by atoms with Gasteiger partial charge in [0.15, 0.2) is 0 Å². The van der Waals surface area contributed by atoms with Crippen LogP contribution in [-0.4, -0.2) is 27.6 Å². The fourth-order valence-electron chi connectivity index (χ4n) is 4.21. The molecule has 1 amide bonds. The summed E-state index contributed by atoms with van der Waals surface area (Å²) in [5, 5.41) is 4.48. The number of rotatable bonds is 8. The van der Waals surface area contributed by atoms with Crippen molar-refractivity contribution in [1.29, 1.82) is 0 Å². The van der Waals surface area contributed by atoms with Gasteiger partial charge in [-0.3, -0.25) is 24.1 Å². The quantitative estimate of drug-likeness (QED) is 0.158. The summed E-state index contributed by atoms with van der Waals surface area (Å²) < 4.78 is 6.96. The smallest absolute Gasteiger partial charge is 0.252 e. The Morgan fingerprint density at radius 3 is 2.67 bits per heavy atom. The third-order valence-electron chi connectivity index (χ3n) is 6.01. The minimum Gasteiger partial charge on any atom is -0.495 e. The number of hydrazine groups is 1. The molecular weight excluding hydrogens is 541 g/mol. The number of carbonyl (C=O) groups is 1. The number of ether oxygens (including phenoxy) is 1. The van der Waals surface area contributed by atoms with E-state index in [2.05, 4.69) is 15.3 Å². The van der Waals surface area contributed by atoms with Crippen LogP contribution in [0, 0.1) is 6.92 Å². The van der Waals surface area contributed by atoms with Crippen LogP contribution < -0.4 is 32.2 Å². The molecule has 2 aromatic heterocycles. The number of hydrogen-bond donors (Lipinski definition) is 3. The number of methoxy groups -OCH3 is 1. The molecular formula is C27H27Cl2N7O3. The van der Waals surface area contributed by atoms with Crippen molar-refractivity contribution in [2.24, 2.45) is 11.6 Å². The first-order valence-electron chi connectivity index (χ1n) is 11.9. The number of amides is 1. The maximum atomic E-state index is 13.4. The Labute approximate surface area is 234 Å². The molecule has 39 heavy (non-hydrogen) atoms. The number of pyridine rings is 1. The van der Waals surface area contributed by atoms with Gasteiger partial charge < -0.3 is 15.8 Å². The molecule has 1 atom stereocenters. The van der Waals surface area contributed by atoms with E-state index in [0.717, 1.165) is 11.2 Å². The molecule has 2 heterocycles. The topological polar surface area (TPSA) is 141 Å². The van der Waals surface area contributed by atoms with Crippen molar-refractivity contribution in [3.8, 4) is 16.9 Å². The summed E-state index contributed by atoms with van der Waals surface area (Å²) >= 11 is 12.1. The molecule has 1 unspecified atom stereocenters. The van der Waals surface area contributed by atoms with Crippen LogP contribution in [0.15, 0.2) is 71.0 Å². The van der Waals surface area contributed by atoms with Gasteiger partial charge in [-0.2, -0.15) is 0 Å². The van der Waals surface area contributed by atoms with E-state index in [1.807, 2.05) is 13.8 Å². The average Bonchev–Trinajstić information content (AvgIpc) is 2.89. The second kappa shape index (κ2) is 11.7. The molecule has 0 saturated heterocycles. The Hall–Kier alpha value is -4.12. The van der Waals surface area contributed by atoms with Crippen LogP contribution in [-0.2, 0) is 4.79 Å². The van der Waals surface area contributed by atoms with Crippen molar-refractivity contribution in [2.75, 3.05) is 17.4 Å². The van der Waals surface area contributed by atoms with Crippen molar-refractivity contribution in [2.45, 2.75) is 26.3 Å². The maximum absolute atomic E-state index is 13.4. The lowest BCUT2D eigenvalue weighted by Gasteiger charge is -2.22. The number of aryl methyl sites for hydroxylation is 1. The Morgan fingerprint density at radius 1 is 1.21 bits per heavy atom. The second-order valence-electron chi connectivity index (χ2n) is 8.71. The zero-order valence-electron chi connectivity index (χ0n) is 21.5. The van der Waals surface area contributed by atoms with Crippen LogP contribution in [0.1, 0.15) is 25.1 Å². The minimum atomic E-state index is -0.816. The second-order valence-corrected chi connectivity index (χ2v) is 9.58. The Kier molecular flexibility index (Phi) is 8.39. The molecule has 12 heteroatoms. The van der Waals surface area contributed by atoms with Crippen molar-refractivity contribution in [1.82, 2.24) is 14.5 Å². The molecule has 5 N–H and O–H groups in total. The first-order chi connectivity index (χ1) is 18.6. The molecule has 0 aliphatic carbocycles. The molecule has 0 radical (unpaired) electrons. The Balaban J connectivity index is 1.71. The molecule has 4 rings (SSSR count). The number of nitrogens with one attached hydrogen (secondary N) is 1. The van der Waals surface area contributed by atoms with Gasteiger partial charge in [-0.15, -0.1) is 0 Å². The van der Waals surface area contributed by atoms with Gasteiger partial charge in [0.1, 0.15) is 16.9 Å². The lowest BCUT2D eigenvalue weighted by molar-refractivity contribution is -0.119. The summed E-state index contributed by atoms with van der Waals surface area (Å²) in [4.78, 5) is 35.5. The Bertz CT molecular complexity index is 1630. The van der Waals surface area contributed by atoms with Gasteiger partial charge in [0.25, 0.3) is 5.56 Å². The van der Waals surface area contributed by atoms with Gasteiger partial charge in [-0.05, 0) is 49.7 Å². The number of benzene rings is 2. The van der Waals surface area contributed by atoms with Gasteiger partial charge in [0.2, 0.25) is 5.91 Å². The molecule has 0 aliphatic rings. The van der Waals surface area contributed by atoms with Gasteiger partial charge in [0, 0.05) is 34.1 Å². The van der Waals surface area contributed by atoms with E-state index in [9.17, 15) is 9.59 Å². The van der Waals surface area contributed by atoms with E-state index in [1.165, 1.54) is 35.1 Å². The summed E-state index contributed by atoms with van der Waals surface area (Å²) in [5.74, 6) is 6.10. The predicted octanol–water partition coefficient (Wildman–Crippen LogP) is 4.70. The van der Waals surface area contributed by atoms with E-state index in [1.54, 1.807) is 42.6 Å². The number of fused-ring (bicyclic) bond motifs is 1. The largest absolute Gasteiger partial charge is 0.495 e. The molecule has 10 nitrogen and oxygen atoms in total. The van der Waals surface area contributed by atoms with Crippen LogP contribution in [0.25, 0.3) is 22.2 Å². The molecule has 202 valence electrons. The summed E-state index contributed by atoms with van der Waals surface area (Å²) in [6.07, 6.45) is 4.82. The zero-order valence-corrected chi connectivity index (χ0v) is 23.0. The third-order valence-corrected chi connectivity index (χ3v) is 6.34. The summed E-state index contributed by atoms with van der Waals surface area (Å²) in [6.45, 7) is 3.67. The number of carbonyl (C=O) groups excluding carboxylic acids is 1. The summed E-state index contributed by atoms with van der Waals surface area (Å²) in [5.41, 5.74) is 9.25.